The Morgan fingerprint density at radius 2 is 1.88 bits per heavy atom. The Kier molecular flexibility index (Phi) is 5.46. The van der Waals surface area contributed by atoms with Crippen molar-refractivity contribution in [1.82, 2.24) is 20.1 Å². The highest BCUT2D eigenvalue weighted by atomic mass is 35.5. The highest BCUT2D eigenvalue weighted by molar-refractivity contribution is 7.09. The normalized spacial score (nSPS) is 11.9. The van der Waals surface area contributed by atoms with Crippen molar-refractivity contribution in [1.29, 1.82) is 0 Å². The van der Waals surface area contributed by atoms with Gasteiger partial charge in [-0.1, -0.05) is 32.4 Å². The number of benzene rings is 1. The van der Waals surface area contributed by atoms with Gasteiger partial charge in [-0.2, -0.15) is 5.10 Å². The molecule has 2 aromatic heterocycles. The van der Waals surface area contributed by atoms with E-state index in [4.69, 9.17) is 11.6 Å². The molecule has 2 heterocycles. The molecule has 138 valence electrons. The van der Waals surface area contributed by atoms with E-state index in [9.17, 15) is 4.39 Å². The van der Waals surface area contributed by atoms with Gasteiger partial charge in [0.05, 0.1) is 22.1 Å². The van der Waals surface area contributed by atoms with Gasteiger partial charge < -0.3 is 5.32 Å². The molecule has 0 atom stereocenters. The topological polar surface area (TPSA) is 42.7 Å². The zero-order valence-corrected chi connectivity index (χ0v) is 16.9. The lowest BCUT2D eigenvalue weighted by Gasteiger charge is -2.13. The van der Waals surface area contributed by atoms with Crippen LogP contribution in [0, 0.1) is 12.7 Å². The Hall–Kier alpha value is -1.76. The predicted octanol–water partition coefficient (Wildman–Crippen LogP) is 5.02. The van der Waals surface area contributed by atoms with Gasteiger partial charge in [-0.3, -0.25) is 0 Å². The van der Waals surface area contributed by atoms with Crippen molar-refractivity contribution in [2.45, 2.75) is 46.2 Å². The molecule has 7 heteroatoms. The summed E-state index contributed by atoms with van der Waals surface area (Å²) in [5.41, 5.74) is 3.61. The van der Waals surface area contributed by atoms with Crippen molar-refractivity contribution in [3.05, 3.63) is 62.6 Å². The van der Waals surface area contributed by atoms with E-state index in [2.05, 4.69) is 41.6 Å². The van der Waals surface area contributed by atoms with Crippen LogP contribution in [0.1, 0.15) is 42.7 Å². The van der Waals surface area contributed by atoms with E-state index in [0.29, 0.717) is 18.2 Å². The van der Waals surface area contributed by atoms with Crippen molar-refractivity contribution in [2.75, 3.05) is 0 Å². The third-order valence-electron chi connectivity index (χ3n) is 3.99. The van der Waals surface area contributed by atoms with Crippen LogP contribution < -0.4 is 5.32 Å². The van der Waals surface area contributed by atoms with E-state index >= 15 is 0 Å². The smallest absolute Gasteiger partial charge is 0.137 e. The van der Waals surface area contributed by atoms with E-state index in [1.807, 2.05) is 6.92 Å². The maximum absolute atomic E-state index is 13.1. The minimum atomic E-state index is -0.284. The first-order valence-electron chi connectivity index (χ1n) is 8.41. The molecule has 0 radical (unpaired) electrons. The lowest BCUT2D eigenvalue weighted by atomic mass is 9.98. The second-order valence-corrected chi connectivity index (χ2v) is 8.46. The Morgan fingerprint density at radius 1 is 1.19 bits per heavy atom. The molecule has 0 aliphatic heterocycles. The molecule has 0 bridgehead atoms. The highest BCUT2D eigenvalue weighted by Gasteiger charge is 2.18. The molecule has 0 aliphatic rings. The number of aromatic nitrogens is 3. The van der Waals surface area contributed by atoms with Crippen LogP contribution >= 0.6 is 22.9 Å². The SMILES string of the molecule is Cc1nn(-c2ccc(F)cc2)c(Cl)c1CNCc1csc(C(C)(C)C)n1. The van der Waals surface area contributed by atoms with Crippen molar-refractivity contribution < 1.29 is 4.39 Å². The molecule has 3 rings (SSSR count). The number of halogens is 2. The number of hydrogen-bond acceptors (Lipinski definition) is 4. The summed E-state index contributed by atoms with van der Waals surface area (Å²) in [6, 6.07) is 6.12. The van der Waals surface area contributed by atoms with E-state index in [1.54, 1.807) is 28.2 Å². The average Bonchev–Trinajstić information content (AvgIpc) is 3.15. The highest BCUT2D eigenvalue weighted by Crippen LogP contribution is 2.26. The first kappa shape index (κ1) is 19.0. The summed E-state index contributed by atoms with van der Waals surface area (Å²) in [5.74, 6) is -0.284. The fraction of sp³-hybridized carbons (Fsp3) is 0.368. The standard InChI is InChI=1S/C19H22ClFN4S/c1-12-16(10-22-9-14-11-26-18(23-14)19(2,3)4)17(20)25(24-12)15-7-5-13(21)6-8-15/h5-8,11,22H,9-10H2,1-4H3. The minimum Gasteiger partial charge on any atom is -0.307 e. The minimum absolute atomic E-state index is 0.0686. The predicted molar refractivity (Wildman–Crippen MR) is 105 cm³/mol. The zero-order valence-electron chi connectivity index (χ0n) is 15.3. The molecule has 0 amide bonds. The Balaban J connectivity index is 1.69. The molecule has 0 unspecified atom stereocenters. The summed E-state index contributed by atoms with van der Waals surface area (Å²) in [5, 5.41) is 11.6. The monoisotopic (exact) mass is 392 g/mol. The quantitative estimate of drug-likeness (QED) is 0.663. The largest absolute Gasteiger partial charge is 0.307 e. The van der Waals surface area contributed by atoms with Crippen LogP contribution in [0.4, 0.5) is 4.39 Å². The molecule has 1 aromatic carbocycles. The van der Waals surface area contributed by atoms with E-state index in [-0.39, 0.29) is 11.2 Å². The van der Waals surface area contributed by atoms with Crippen LogP contribution in [0.3, 0.4) is 0 Å². The number of nitrogens with zero attached hydrogens (tertiary/aromatic N) is 3. The summed E-state index contributed by atoms with van der Waals surface area (Å²) in [7, 11) is 0. The van der Waals surface area contributed by atoms with E-state index in [0.717, 1.165) is 27.6 Å². The molecular formula is C19H22ClFN4S. The lowest BCUT2D eigenvalue weighted by molar-refractivity contribution is 0.579. The van der Waals surface area contributed by atoms with Gasteiger partial charge >= 0.3 is 0 Å². The van der Waals surface area contributed by atoms with Crippen LogP contribution in [0.5, 0.6) is 0 Å². The van der Waals surface area contributed by atoms with Crippen molar-refractivity contribution >= 4 is 22.9 Å². The van der Waals surface area contributed by atoms with Gasteiger partial charge in [0.2, 0.25) is 0 Å². The summed E-state index contributed by atoms with van der Waals surface area (Å²) < 4.78 is 14.7. The van der Waals surface area contributed by atoms with E-state index in [1.165, 1.54) is 12.1 Å². The molecule has 3 aromatic rings. The van der Waals surface area contributed by atoms with Crippen LogP contribution in [0.15, 0.2) is 29.6 Å². The number of hydrogen-bond donors (Lipinski definition) is 1. The van der Waals surface area contributed by atoms with Gasteiger partial charge in [-0.15, -0.1) is 11.3 Å². The van der Waals surface area contributed by atoms with Gasteiger partial charge in [0.15, 0.2) is 0 Å². The molecule has 0 fully saturated rings. The Morgan fingerprint density at radius 3 is 2.50 bits per heavy atom. The first-order chi connectivity index (χ1) is 12.3. The third-order valence-corrected chi connectivity index (χ3v) is 5.70. The maximum Gasteiger partial charge on any atom is 0.137 e. The fourth-order valence-electron chi connectivity index (χ4n) is 2.53. The molecule has 0 spiro atoms. The molecule has 0 aliphatic carbocycles. The van der Waals surface area contributed by atoms with Crippen LogP contribution in [-0.2, 0) is 18.5 Å². The second kappa shape index (κ2) is 7.47. The number of thiazole rings is 1. The molecule has 0 saturated heterocycles. The number of rotatable bonds is 5. The molecule has 4 nitrogen and oxygen atoms in total. The van der Waals surface area contributed by atoms with Crippen LogP contribution in [0.2, 0.25) is 5.15 Å². The second-order valence-electron chi connectivity index (χ2n) is 7.24. The summed E-state index contributed by atoms with van der Waals surface area (Å²) in [4.78, 5) is 4.69. The molecular weight excluding hydrogens is 371 g/mol. The van der Waals surface area contributed by atoms with Gasteiger partial charge in [0, 0.05) is 29.4 Å². The average molecular weight is 393 g/mol. The summed E-state index contributed by atoms with van der Waals surface area (Å²) in [6.07, 6.45) is 0. The van der Waals surface area contributed by atoms with Crippen molar-refractivity contribution in [3.8, 4) is 5.69 Å². The number of nitrogens with one attached hydrogen (secondary N) is 1. The lowest BCUT2D eigenvalue weighted by Crippen LogP contribution is -2.15. The fourth-order valence-corrected chi connectivity index (χ4v) is 3.78. The van der Waals surface area contributed by atoms with Gasteiger partial charge in [-0.05, 0) is 31.2 Å². The van der Waals surface area contributed by atoms with Crippen molar-refractivity contribution in [2.24, 2.45) is 0 Å². The maximum atomic E-state index is 13.1. The third kappa shape index (κ3) is 4.14. The van der Waals surface area contributed by atoms with Gasteiger partial charge in [-0.25, -0.2) is 14.1 Å². The molecule has 26 heavy (non-hydrogen) atoms. The van der Waals surface area contributed by atoms with Crippen LogP contribution in [-0.4, -0.2) is 14.8 Å². The van der Waals surface area contributed by atoms with Gasteiger partial charge in [0.25, 0.3) is 0 Å². The van der Waals surface area contributed by atoms with Crippen molar-refractivity contribution in [3.63, 3.8) is 0 Å². The molecule has 1 N–H and O–H groups in total. The number of aryl methyl sites for hydroxylation is 1. The summed E-state index contributed by atoms with van der Waals surface area (Å²) in [6.45, 7) is 9.67. The van der Waals surface area contributed by atoms with Crippen LogP contribution in [0.25, 0.3) is 5.69 Å². The molecule has 0 saturated carbocycles. The van der Waals surface area contributed by atoms with Gasteiger partial charge in [0.1, 0.15) is 11.0 Å². The Labute approximate surface area is 162 Å². The Bertz CT molecular complexity index is 893. The van der Waals surface area contributed by atoms with E-state index < -0.39 is 0 Å². The summed E-state index contributed by atoms with van der Waals surface area (Å²) >= 11 is 8.19. The zero-order chi connectivity index (χ0) is 18.9. The first-order valence-corrected chi connectivity index (χ1v) is 9.67.